The number of rotatable bonds is 3. The van der Waals surface area contributed by atoms with E-state index in [0.29, 0.717) is 18.0 Å². The third-order valence-electron chi connectivity index (χ3n) is 2.71. The quantitative estimate of drug-likeness (QED) is 0.783. The van der Waals surface area contributed by atoms with Gasteiger partial charge in [0.1, 0.15) is 4.88 Å². The first-order valence-corrected chi connectivity index (χ1v) is 6.67. The average Bonchev–Trinajstić information content (AvgIpc) is 2.83. The van der Waals surface area contributed by atoms with Crippen molar-refractivity contribution in [2.75, 3.05) is 32.7 Å². The van der Waals surface area contributed by atoms with Crippen molar-refractivity contribution >= 4 is 23.2 Å². The number of carbonyl (C=O) groups excluding carboxylic acids is 2. The lowest BCUT2D eigenvalue weighted by molar-refractivity contribution is -0.130. The van der Waals surface area contributed by atoms with E-state index in [1.165, 1.54) is 17.5 Å². The largest absolute Gasteiger partial charge is 0.342 e. The second-order valence-electron chi connectivity index (χ2n) is 4.06. The lowest BCUT2D eigenvalue weighted by Gasteiger charge is -2.27. The summed E-state index contributed by atoms with van der Waals surface area (Å²) in [5.74, 6) is -0.268. The van der Waals surface area contributed by atoms with Crippen LogP contribution in [-0.4, -0.2) is 54.4 Å². The lowest BCUT2D eigenvalue weighted by atomic mass is 10.3. The summed E-state index contributed by atoms with van der Waals surface area (Å²) >= 11 is 1.33. The van der Waals surface area contributed by atoms with Gasteiger partial charge in [0.25, 0.3) is 5.91 Å². The predicted molar refractivity (Wildman–Crippen MR) is 68.6 cm³/mol. The molecule has 2 heterocycles. The molecule has 1 aliphatic heterocycles. The standard InChI is InChI=1S/C11H16N4O2S/c1-8-13-6-9(18-8)11(17)14-7-10(16)15-4-2-12-3-5-15/h6,12H,2-5,7H2,1H3,(H,14,17). The van der Waals surface area contributed by atoms with Crippen LogP contribution in [0, 0.1) is 6.92 Å². The van der Waals surface area contributed by atoms with Crippen LogP contribution >= 0.6 is 11.3 Å². The van der Waals surface area contributed by atoms with Crippen LogP contribution < -0.4 is 10.6 Å². The molecule has 0 aliphatic carbocycles. The second-order valence-corrected chi connectivity index (χ2v) is 5.29. The summed E-state index contributed by atoms with van der Waals surface area (Å²) in [7, 11) is 0. The van der Waals surface area contributed by atoms with Gasteiger partial charge >= 0.3 is 0 Å². The van der Waals surface area contributed by atoms with Crippen LogP contribution in [0.3, 0.4) is 0 Å². The van der Waals surface area contributed by atoms with Crippen molar-refractivity contribution in [1.82, 2.24) is 20.5 Å². The van der Waals surface area contributed by atoms with Gasteiger partial charge in [0, 0.05) is 26.2 Å². The van der Waals surface area contributed by atoms with E-state index in [0.717, 1.165) is 18.1 Å². The molecule has 0 bridgehead atoms. The molecule has 0 spiro atoms. The van der Waals surface area contributed by atoms with Crippen LogP contribution in [0.25, 0.3) is 0 Å². The van der Waals surface area contributed by atoms with Gasteiger partial charge in [-0.05, 0) is 6.92 Å². The molecule has 1 fully saturated rings. The molecule has 2 amide bonds. The van der Waals surface area contributed by atoms with Gasteiger partial charge in [-0.3, -0.25) is 9.59 Å². The fourth-order valence-electron chi connectivity index (χ4n) is 1.74. The number of amides is 2. The van der Waals surface area contributed by atoms with Crippen LogP contribution in [0.2, 0.25) is 0 Å². The molecule has 18 heavy (non-hydrogen) atoms. The number of hydrogen-bond acceptors (Lipinski definition) is 5. The maximum absolute atomic E-state index is 11.8. The molecule has 98 valence electrons. The van der Waals surface area contributed by atoms with Crippen molar-refractivity contribution in [2.45, 2.75) is 6.92 Å². The topological polar surface area (TPSA) is 74.3 Å². The first-order chi connectivity index (χ1) is 8.66. The van der Waals surface area contributed by atoms with Gasteiger partial charge < -0.3 is 15.5 Å². The SMILES string of the molecule is Cc1ncc(C(=O)NCC(=O)N2CCNCC2)s1. The number of hydrogen-bond donors (Lipinski definition) is 2. The third-order valence-corrected chi connectivity index (χ3v) is 3.63. The maximum Gasteiger partial charge on any atom is 0.263 e. The molecular weight excluding hydrogens is 252 g/mol. The fraction of sp³-hybridized carbons (Fsp3) is 0.545. The Hall–Kier alpha value is -1.47. The normalized spacial score (nSPS) is 15.5. The fourth-order valence-corrected chi connectivity index (χ4v) is 2.43. The molecule has 1 aromatic heterocycles. The van der Waals surface area contributed by atoms with Crippen molar-refractivity contribution in [3.05, 3.63) is 16.1 Å². The van der Waals surface area contributed by atoms with E-state index in [-0.39, 0.29) is 18.4 Å². The van der Waals surface area contributed by atoms with Gasteiger partial charge in [0.2, 0.25) is 5.91 Å². The highest BCUT2D eigenvalue weighted by molar-refractivity contribution is 7.13. The summed E-state index contributed by atoms with van der Waals surface area (Å²) in [4.78, 5) is 29.8. The van der Waals surface area contributed by atoms with Gasteiger partial charge in [-0.25, -0.2) is 4.98 Å². The van der Waals surface area contributed by atoms with Crippen LogP contribution in [-0.2, 0) is 4.79 Å². The van der Waals surface area contributed by atoms with E-state index < -0.39 is 0 Å². The molecule has 1 saturated heterocycles. The van der Waals surface area contributed by atoms with E-state index in [2.05, 4.69) is 15.6 Å². The molecule has 1 aromatic rings. The molecule has 0 saturated carbocycles. The summed E-state index contributed by atoms with van der Waals surface area (Å²) in [5.41, 5.74) is 0. The van der Waals surface area contributed by atoms with E-state index in [4.69, 9.17) is 0 Å². The maximum atomic E-state index is 11.8. The van der Waals surface area contributed by atoms with Crippen molar-refractivity contribution in [1.29, 1.82) is 0 Å². The van der Waals surface area contributed by atoms with Gasteiger partial charge in [0.05, 0.1) is 17.7 Å². The van der Waals surface area contributed by atoms with Crippen LogP contribution in [0.5, 0.6) is 0 Å². The Balaban J connectivity index is 1.80. The first kappa shape index (κ1) is 13.0. The number of aryl methyl sites for hydroxylation is 1. The minimum Gasteiger partial charge on any atom is -0.342 e. The third kappa shape index (κ3) is 3.27. The zero-order valence-corrected chi connectivity index (χ0v) is 11.0. The molecule has 7 heteroatoms. The summed E-state index contributed by atoms with van der Waals surface area (Å²) in [6.07, 6.45) is 1.53. The van der Waals surface area contributed by atoms with Gasteiger partial charge in [-0.2, -0.15) is 0 Å². The highest BCUT2D eigenvalue weighted by Crippen LogP contribution is 2.10. The van der Waals surface area contributed by atoms with Crippen LogP contribution in [0.4, 0.5) is 0 Å². The molecule has 0 aromatic carbocycles. The summed E-state index contributed by atoms with van der Waals surface area (Å²) in [5, 5.41) is 6.65. The lowest BCUT2D eigenvalue weighted by Crippen LogP contribution is -2.49. The number of nitrogens with one attached hydrogen (secondary N) is 2. The van der Waals surface area contributed by atoms with Gasteiger partial charge in [-0.15, -0.1) is 11.3 Å². The summed E-state index contributed by atoms with van der Waals surface area (Å²) < 4.78 is 0. The van der Waals surface area contributed by atoms with E-state index in [1.54, 1.807) is 4.90 Å². The minimum absolute atomic E-state index is 0.0360. The Bertz CT molecular complexity index is 440. The molecule has 0 radical (unpaired) electrons. The van der Waals surface area contributed by atoms with E-state index in [9.17, 15) is 9.59 Å². The molecule has 2 N–H and O–H groups in total. The highest BCUT2D eigenvalue weighted by atomic mass is 32.1. The zero-order chi connectivity index (χ0) is 13.0. The van der Waals surface area contributed by atoms with Crippen molar-refractivity contribution in [3.63, 3.8) is 0 Å². The van der Waals surface area contributed by atoms with Crippen LogP contribution in [0.15, 0.2) is 6.20 Å². The van der Waals surface area contributed by atoms with Crippen LogP contribution in [0.1, 0.15) is 14.7 Å². The monoisotopic (exact) mass is 268 g/mol. The van der Waals surface area contributed by atoms with E-state index in [1.807, 2.05) is 6.92 Å². The first-order valence-electron chi connectivity index (χ1n) is 5.86. The van der Waals surface area contributed by atoms with Crippen molar-refractivity contribution < 1.29 is 9.59 Å². The Morgan fingerprint density at radius 2 is 2.22 bits per heavy atom. The Kier molecular flexibility index (Phi) is 4.27. The molecule has 6 nitrogen and oxygen atoms in total. The second kappa shape index (κ2) is 5.92. The summed E-state index contributed by atoms with van der Waals surface area (Å²) in [6.45, 7) is 4.92. The number of nitrogens with zero attached hydrogens (tertiary/aromatic N) is 2. The average molecular weight is 268 g/mol. The summed E-state index contributed by atoms with van der Waals surface area (Å²) in [6, 6.07) is 0. The highest BCUT2D eigenvalue weighted by Gasteiger charge is 2.17. The zero-order valence-electron chi connectivity index (χ0n) is 10.2. The van der Waals surface area contributed by atoms with Crippen molar-refractivity contribution in [3.8, 4) is 0 Å². The molecule has 0 atom stereocenters. The Morgan fingerprint density at radius 3 is 2.83 bits per heavy atom. The minimum atomic E-state index is -0.232. The molecule has 2 rings (SSSR count). The number of piperazine rings is 1. The number of carbonyl (C=O) groups is 2. The van der Waals surface area contributed by atoms with Crippen molar-refractivity contribution in [2.24, 2.45) is 0 Å². The Labute approximate surface area is 109 Å². The molecule has 1 aliphatic rings. The van der Waals surface area contributed by atoms with E-state index >= 15 is 0 Å². The molecule has 0 unspecified atom stereocenters. The van der Waals surface area contributed by atoms with Gasteiger partial charge in [0.15, 0.2) is 0 Å². The number of aromatic nitrogens is 1. The Morgan fingerprint density at radius 1 is 1.50 bits per heavy atom. The molecular formula is C11H16N4O2S. The van der Waals surface area contributed by atoms with Gasteiger partial charge in [-0.1, -0.05) is 0 Å². The smallest absolute Gasteiger partial charge is 0.263 e. The predicted octanol–water partition coefficient (Wildman–Crippen LogP) is -0.387. The number of thiazole rings is 1.